The predicted octanol–water partition coefficient (Wildman–Crippen LogP) is 6.89. The summed E-state index contributed by atoms with van der Waals surface area (Å²) in [5, 5.41) is 0.773. The van der Waals surface area contributed by atoms with Crippen molar-refractivity contribution in [2.75, 3.05) is 12.8 Å². The Hall–Kier alpha value is -2.89. The molecule has 1 aromatic rings. The van der Waals surface area contributed by atoms with Crippen LogP contribution in [0.3, 0.4) is 0 Å². The minimum atomic E-state index is 0.606. The molecular weight excluding hydrogens is 444 g/mol. The third kappa shape index (κ3) is 13.6. The number of benzene rings is 1. The van der Waals surface area contributed by atoms with Gasteiger partial charge in [-0.1, -0.05) is 68.3 Å². The largest absolute Gasteiger partial charge is 0.399 e. The highest BCUT2D eigenvalue weighted by atomic mass is 35.5. The van der Waals surface area contributed by atoms with Gasteiger partial charge in [0.15, 0.2) is 0 Å². The van der Waals surface area contributed by atoms with E-state index in [1.165, 1.54) is 11.1 Å². The maximum absolute atomic E-state index is 9.97. The monoisotopic (exact) mass is 484 g/mol. The lowest BCUT2D eigenvalue weighted by Gasteiger charge is -2.10. The molecular formula is C28H41ClN4O. The summed E-state index contributed by atoms with van der Waals surface area (Å²) in [6.45, 7) is 9.54. The number of nitrogens with one attached hydrogen (secondary N) is 2. The van der Waals surface area contributed by atoms with E-state index in [1.807, 2.05) is 57.3 Å². The van der Waals surface area contributed by atoms with E-state index >= 15 is 0 Å². The van der Waals surface area contributed by atoms with Crippen LogP contribution in [0.5, 0.6) is 0 Å². The van der Waals surface area contributed by atoms with Gasteiger partial charge in [-0.15, -0.1) is 0 Å². The molecule has 5 nitrogen and oxygen atoms in total. The molecule has 2 rings (SSSR count). The van der Waals surface area contributed by atoms with Crippen LogP contribution in [-0.2, 0) is 11.2 Å². The predicted molar refractivity (Wildman–Crippen MR) is 150 cm³/mol. The number of rotatable bonds is 11. The lowest BCUT2D eigenvalue weighted by atomic mass is 9.97. The van der Waals surface area contributed by atoms with Gasteiger partial charge in [-0.05, 0) is 74.2 Å². The van der Waals surface area contributed by atoms with Crippen LogP contribution in [0.15, 0.2) is 82.7 Å². The number of aliphatic imine (C=N–C) groups is 1. The fourth-order valence-corrected chi connectivity index (χ4v) is 3.29. The van der Waals surface area contributed by atoms with E-state index in [0.29, 0.717) is 6.42 Å². The van der Waals surface area contributed by atoms with E-state index in [1.54, 1.807) is 6.20 Å². The molecule has 4 N–H and O–H groups in total. The third-order valence-corrected chi connectivity index (χ3v) is 5.13. The van der Waals surface area contributed by atoms with E-state index in [0.717, 1.165) is 60.4 Å². The Morgan fingerprint density at radius 2 is 2.00 bits per heavy atom. The average molecular weight is 485 g/mol. The van der Waals surface area contributed by atoms with Crippen molar-refractivity contribution in [2.45, 2.75) is 59.3 Å². The van der Waals surface area contributed by atoms with Gasteiger partial charge in [0.05, 0.1) is 0 Å². The zero-order valence-electron chi connectivity index (χ0n) is 21.1. The van der Waals surface area contributed by atoms with Crippen LogP contribution in [0.25, 0.3) is 0 Å². The fraction of sp³-hybridized carbons (Fsp3) is 0.357. The molecule has 1 aliphatic carbocycles. The Kier molecular flexibility index (Phi) is 18.9. The molecule has 1 aliphatic rings. The normalized spacial score (nSPS) is 12.9. The maximum atomic E-state index is 9.97. The number of halogens is 1. The summed E-state index contributed by atoms with van der Waals surface area (Å²) in [6.07, 6.45) is 20.2. The number of nitrogens with zero attached hydrogens (tertiary/aromatic N) is 1. The molecule has 0 saturated heterocycles. The molecule has 0 saturated carbocycles. The van der Waals surface area contributed by atoms with Crippen LogP contribution in [0.2, 0.25) is 5.02 Å². The van der Waals surface area contributed by atoms with E-state index < -0.39 is 0 Å². The van der Waals surface area contributed by atoms with Gasteiger partial charge in [0.1, 0.15) is 6.29 Å². The summed E-state index contributed by atoms with van der Waals surface area (Å²) >= 11 is 6.23. The van der Waals surface area contributed by atoms with E-state index in [-0.39, 0.29) is 0 Å². The standard InChI is InChI=1S/C18H19ClN2.C8H16N2O.C2H6/c1-21-12-11-15-6-4-2-3-5-14(15)7-8-16-13-17(20)9-10-18(16)19;1-3-8(10-9-2)6-4-5-7-11;1-2/h2-4,6,9-13H,1,5,7-8,20H2;6-7,9-10H,3-5H2,1-2H3;1-2H3/b12-11-;8-6-;. The number of aryl methyl sites for hydroxylation is 1. The number of carbonyl (C=O) groups is 1. The van der Waals surface area contributed by atoms with Gasteiger partial charge < -0.3 is 16.0 Å². The first-order valence-electron chi connectivity index (χ1n) is 11.8. The van der Waals surface area contributed by atoms with Gasteiger partial charge in [0.2, 0.25) is 0 Å². The summed E-state index contributed by atoms with van der Waals surface area (Å²) in [7, 11) is 1.82. The third-order valence-electron chi connectivity index (χ3n) is 4.76. The number of nitrogen functional groups attached to an aromatic ring is 1. The zero-order valence-corrected chi connectivity index (χ0v) is 21.9. The minimum absolute atomic E-state index is 0.606. The minimum Gasteiger partial charge on any atom is -0.399 e. The zero-order chi connectivity index (χ0) is 25.6. The maximum Gasteiger partial charge on any atom is 0.120 e. The number of hydrazine groups is 1. The van der Waals surface area contributed by atoms with Crippen LogP contribution in [-0.4, -0.2) is 20.1 Å². The Balaban J connectivity index is 0.000000712. The summed E-state index contributed by atoms with van der Waals surface area (Å²) in [6, 6.07) is 5.63. The van der Waals surface area contributed by atoms with Gasteiger partial charge >= 0.3 is 0 Å². The van der Waals surface area contributed by atoms with Gasteiger partial charge in [0.25, 0.3) is 0 Å². The first-order valence-corrected chi connectivity index (χ1v) is 12.2. The summed E-state index contributed by atoms with van der Waals surface area (Å²) < 4.78 is 0. The van der Waals surface area contributed by atoms with Crippen molar-refractivity contribution in [2.24, 2.45) is 4.99 Å². The highest BCUT2D eigenvalue weighted by molar-refractivity contribution is 6.31. The van der Waals surface area contributed by atoms with Crippen molar-refractivity contribution in [3.05, 3.63) is 88.3 Å². The van der Waals surface area contributed by atoms with Crippen molar-refractivity contribution in [1.29, 1.82) is 0 Å². The Morgan fingerprint density at radius 3 is 2.65 bits per heavy atom. The number of carbonyl (C=O) groups excluding carboxylic acids is 1. The summed E-state index contributed by atoms with van der Waals surface area (Å²) in [5.74, 6) is 0. The van der Waals surface area contributed by atoms with E-state index in [4.69, 9.17) is 17.3 Å². The van der Waals surface area contributed by atoms with Crippen LogP contribution >= 0.6 is 11.6 Å². The average Bonchev–Trinajstić information content (AvgIpc) is 3.09. The molecule has 0 bridgehead atoms. The quantitative estimate of drug-likeness (QED) is 0.105. The SMILES string of the molecule is C=N/C=C\C1=C(CCc2cc(N)ccc2Cl)CC=CC=C1.CC.CC/C(=C/CCC=O)NNC. The number of hydrogen-bond acceptors (Lipinski definition) is 5. The second kappa shape index (κ2) is 20.7. The molecule has 0 atom stereocenters. The first-order chi connectivity index (χ1) is 16.5. The van der Waals surface area contributed by atoms with Gasteiger partial charge in [-0.25, -0.2) is 5.43 Å². The summed E-state index contributed by atoms with van der Waals surface area (Å²) in [4.78, 5) is 13.7. The molecule has 0 unspecified atom stereocenters. The molecule has 1 aromatic carbocycles. The molecule has 0 heterocycles. The van der Waals surface area contributed by atoms with Crippen molar-refractivity contribution in [3.63, 3.8) is 0 Å². The molecule has 0 aliphatic heterocycles. The second-order valence-electron chi connectivity index (χ2n) is 7.10. The topological polar surface area (TPSA) is 79.5 Å². The Bertz CT molecular complexity index is 882. The molecule has 0 spiro atoms. The van der Waals surface area contributed by atoms with Crippen molar-refractivity contribution < 1.29 is 4.79 Å². The molecule has 0 fully saturated rings. The van der Waals surface area contributed by atoms with Crippen LogP contribution in [0.4, 0.5) is 5.69 Å². The van der Waals surface area contributed by atoms with Gasteiger partial charge in [-0.2, -0.15) is 0 Å². The van der Waals surface area contributed by atoms with Crippen molar-refractivity contribution in [3.8, 4) is 0 Å². The van der Waals surface area contributed by atoms with Crippen LogP contribution in [0, 0.1) is 0 Å². The molecule has 186 valence electrons. The highest BCUT2D eigenvalue weighted by Gasteiger charge is 2.07. The molecule has 0 aromatic heterocycles. The smallest absolute Gasteiger partial charge is 0.120 e. The number of aldehydes is 1. The molecule has 34 heavy (non-hydrogen) atoms. The molecule has 0 radical (unpaired) electrons. The molecule has 0 amide bonds. The van der Waals surface area contributed by atoms with Crippen LogP contribution < -0.4 is 16.6 Å². The summed E-state index contributed by atoms with van der Waals surface area (Å²) in [5.41, 5.74) is 17.2. The lowest BCUT2D eigenvalue weighted by molar-refractivity contribution is -0.107. The van der Waals surface area contributed by atoms with E-state index in [2.05, 4.69) is 47.7 Å². The molecule has 6 heteroatoms. The number of anilines is 1. The van der Waals surface area contributed by atoms with Crippen LogP contribution in [0.1, 0.15) is 58.4 Å². The number of allylic oxidation sites excluding steroid dienone is 9. The van der Waals surface area contributed by atoms with Crippen molar-refractivity contribution >= 4 is 30.3 Å². The number of unbranched alkanes of at least 4 members (excludes halogenated alkanes) is 1. The number of hydrogen-bond donors (Lipinski definition) is 3. The Labute approximate surface area is 211 Å². The Morgan fingerprint density at radius 1 is 1.24 bits per heavy atom. The second-order valence-corrected chi connectivity index (χ2v) is 7.51. The highest BCUT2D eigenvalue weighted by Crippen LogP contribution is 2.25. The first kappa shape index (κ1) is 31.1. The van der Waals surface area contributed by atoms with Crippen molar-refractivity contribution in [1.82, 2.24) is 10.9 Å². The lowest BCUT2D eigenvalue weighted by Crippen LogP contribution is -2.26. The fourth-order valence-electron chi connectivity index (χ4n) is 3.08. The number of nitrogens with two attached hydrogens (primary N) is 1. The van der Waals surface area contributed by atoms with Gasteiger partial charge in [0, 0.05) is 36.1 Å². The van der Waals surface area contributed by atoms with E-state index in [9.17, 15) is 4.79 Å². The van der Waals surface area contributed by atoms with Gasteiger partial charge in [-0.3, -0.25) is 4.99 Å².